The molecule has 1 N–H and O–H groups in total. The number of rotatable bonds is 6. The molecule has 29 heavy (non-hydrogen) atoms. The summed E-state index contributed by atoms with van der Waals surface area (Å²) in [5.74, 6) is -0.0475. The summed E-state index contributed by atoms with van der Waals surface area (Å²) in [7, 11) is -0.250. The zero-order chi connectivity index (χ0) is 21.0. The largest absolute Gasteiger partial charge is 0.496 e. The molecule has 1 aliphatic rings. The number of nitrogens with one attached hydrogen (secondary N) is 1. The normalized spacial score (nSPS) is 16.9. The second-order valence-corrected chi connectivity index (χ2v) is 9.11. The van der Waals surface area contributed by atoms with E-state index in [9.17, 15) is 13.2 Å². The number of benzene rings is 2. The lowest BCUT2D eigenvalue weighted by atomic mass is 10.1. The first kappa shape index (κ1) is 21.3. The summed E-state index contributed by atoms with van der Waals surface area (Å²) >= 11 is 0. The van der Waals surface area contributed by atoms with E-state index in [0.717, 1.165) is 5.56 Å². The lowest BCUT2D eigenvalue weighted by Crippen LogP contribution is -2.47. The van der Waals surface area contributed by atoms with E-state index >= 15 is 0 Å². The molecule has 1 heterocycles. The molecule has 0 saturated carbocycles. The first-order valence-electron chi connectivity index (χ1n) is 9.55. The third kappa shape index (κ3) is 4.77. The first-order chi connectivity index (χ1) is 13.8. The van der Waals surface area contributed by atoms with Gasteiger partial charge in [0.25, 0.3) is 5.91 Å². The van der Waals surface area contributed by atoms with Crippen molar-refractivity contribution in [1.82, 2.24) is 14.5 Å². The van der Waals surface area contributed by atoms with Gasteiger partial charge in [-0.15, -0.1) is 0 Å². The van der Waals surface area contributed by atoms with Crippen molar-refractivity contribution in [2.24, 2.45) is 0 Å². The molecule has 0 radical (unpaired) electrons. The lowest BCUT2D eigenvalue weighted by Gasteiger charge is -2.31. The van der Waals surface area contributed by atoms with E-state index in [1.165, 1.54) is 29.6 Å². The van der Waals surface area contributed by atoms with Gasteiger partial charge in [0.15, 0.2) is 0 Å². The number of hydrogen-bond acceptors (Lipinski definition) is 5. The molecule has 156 valence electrons. The minimum absolute atomic E-state index is 0.0976. The van der Waals surface area contributed by atoms with Crippen molar-refractivity contribution in [3.05, 3.63) is 59.7 Å². The fourth-order valence-electron chi connectivity index (χ4n) is 3.30. The highest BCUT2D eigenvalue weighted by molar-refractivity contribution is 7.89. The Bertz CT molecular complexity index is 955. The van der Waals surface area contributed by atoms with Crippen LogP contribution in [0.15, 0.2) is 53.4 Å². The van der Waals surface area contributed by atoms with Gasteiger partial charge in [0.05, 0.1) is 23.6 Å². The van der Waals surface area contributed by atoms with Gasteiger partial charge in [0, 0.05) is 26.2 Å². The number of nitrogens with zero attached hydrogens (tertiary/aromatic N) is 2. The number of carbonyl (C=O) groups is 1. The van der Waals surface area contributed by atoms with E-state index in [2.05, 4.69) is 10.2 Å². The summed E-state index contributed by atoms with van der Waals surface area (Å²) in [5, 5.41) is 2.92. The Balaban J connectivity index is 1.86. The molecule has 1 aliphatic heterocycles. The molecule has 1 fully saturated rings. The van der Waals surface area contributed by atoms with E-state index in [1.807, 2.05) is 44.3 Å². The van der Waals surface area contributed by atoms with Crippen molar-refractivity contribution < 1.29 is 17.9 Å². The fourth-order valence-corrected chi connectivity index (χ4v) is 4.75. The molecule has 8 heteroatoms. The lowest BCUT2D eigenvalue weighted by molar-refractivity contribution is 0.0936. The van der Waals surface area contributed by atoms with Crippen molar-refractivity contribution in [1.29, 1.82) is 0 Å². The molecule has 1 unspecified atom stereocenters. The third-order valence-electron chi connectivity index (χ3n) is 5.16. The Morgan fingerprint density at radius 2 is 1.72 bits per heavy atom. The molecule has 2 aromatic rings. The Hall–Kier alpha value is -2.42. The molecular formula is C21H27N3O4S. The van der Waals surface area contributed by atoms with Crippen LogP contribution in [-0.4, -0.2) is 63.9 Å². The van der Waals surface area contributed by atoms with Crippen LogP contribution in [0.25, 0.3) is 0 Å². The molecular weight excluding hydrogens is 390 g/mol. The molecule has 1 amide bonds. The molecule has 1 atom stereocenters. The van der Waals surface area contributed by atoms with Gasteiger partial charge < -0.3 is 15.0 Å². The molecule has 1 saturated heterocycles. The quantitative estimate of drug-likeness (QED) is 0.779. The Morgan fingerprint density at radius 1 is 1.07 bits per heavy atom. The van der Waals surface area contributed by atoms with E-state index in [1.54, 1.807) is 0 Å². The minimum Gasteiger partial charge on any atom is -0.496 e. The third-order valence-corrected chi connectivity index (χ3v) is 7.06. The maximum Gasteiger partial charge on any atom is 0.255 e. The van der Waals surface area contributed by atoms with Crippen molar-refractivity contribution in [2.75, 3.05) is 40.3 Å². The van der Waals surface area contributed by atoms with Crippen LogP contribution >= 0.6 is 0 Å². The van der Waals surface area contributed by atoms with Gasteiger partial charge in [0.1, 0.15) is 5.75 Å². The van der Waals surface area contributed by atoms with Gasteiger partial charge in [-0.1, -0.05) is 30.3 Å². The average molecular weight is 418 g/mol. The average Bonchev–Trinajstić information content (AvgIpc) is 2.74. The van der Waals surface area contributed by atoms with Crippen LogP contribution in [0, 0.1) is 0 Å². The molecule has 0 aliphatic carbocycles. The van der Waals surface area contributed by atoms with Crippen LogP contribution in [-0.2, 0) is 10.0 Å². The number of likely N-dealkylation sites (N-methyl/N-ethyl adjacent to an activating group) is 1. The maximum absolute atomic E-state index is 13.0. The summed E-state index contributed by atoms with van der Waals surface area (Å²) in [5.41, 5.74) is 1.16. The standard InChI is InChI=1S/C21H27N3O4S/c1-16(17-7-5-4-6-8-17)22-21(25)19-15-18(9-10-20(19)28-3)29(26,27)24-13-11-23(2)12-14-24/h4-10,15-16H,11-14H2,1-3H3,(H,22,25). The summed E-state index contributed by atoms with van der Waals surface area (Å²) in [6, 6.07) is 13.8. The number of piperazine rings is 1. The van der Waals surface area contributed by atoms with Crippen LogP contribution in [0.5, 0.6) is 5.75 Å². The highest BCUT2D eigenvalue weighted by atomic mass is 32.2. The predicted molar refractivity (Wildman–Crippen MR) is 112 cm³/mol. The van der Waals surface area contributed by atoms with Gasteiger partial charge in [-0.25, -0.2) is 8.42 Å². The van der Waals surface area contributed by atoms with Gasteiger partial charge in [-0.05, 0) is 37.7 Å². The zero-order valence-corrected chi connectivity index (χ0v) is 17.8. The number of carbonyl (C=O) groups excluding carboxylic acids is 1. The summed E-state index contributed by atoms with van der Waals surface area (Å²) < 4.78 is 32.9. The van der Waals surface area contributed by atoms with E-state index in [0.29, 0.717) is 31.9 Å². The highest BCUT2D eigenvalue weighted by Gasteiger charge is 2.29. The van der Waals surface area contributed by atoms with Gasteiger partial charge >= 0.3 is 0 Å². The second kappa shape index (κ2) is 8.94. The Labute approximate surface area is 172 Å². The van der Waals surface area contributed by atoms with Crippen molar-refractivity contribution in [3.63, 3.8) is 0 Å². The zero-order valence-electron chi connectivity index (χ0n) is 17.0. The summed E-state index contributed by atoms with van der Waals surface area (Å²) in [6.07, 6.45) is 0. The van der Waals surface area contributed by atoms with Crippen LogP contribution in [0.2, 0.25) is 0 Å². The van der Waals surface area contributed by atoms with Crippen LogP contribution in [0.4, 0.5) is 0 Å². The minimum atomic E-state index is -3.68. The molecule has 0 aromatic heterocycles. The van der Waals surface area contributed by atoms with Crippen LogP contribution in [0.1, 0.15) is 28.9 Å². The van der Waals surface area contributed by atoms with Crippen molar-refractivity contribution in [3.8, 4) is 5.75 Å². The predicted octanol–water partition coefficient (Wildman–Crippen LogP) is 2.12. The van der Waals surface area contributed by atoms with Crippen molar-refractivity contribution in [2.45, 2.75) is 17.9 Å². The van der Waals surface area contributed by atoms with E-state index in [-0.39, 0.29) is 22.4 Å². The van der Waals surface area contributed by atoms with Crippen LogP contribution in [0.3, 0.4) is 0 Å². The molecule has 7 nitrogen and oxygen atoms in total. The van der Waals surface area contributed by atoms with E-state index in [4.69, 9.17) is 4.74 Å². The first-order valence-corrected chi connectivity index (χ1v) is 11.0. The smallest absolute Gasteiger partial charge is 0.255 e. The second-order valence-electron chi connectivity index (χ2n) is 7.18. The number of sulfonamides is 1. The monoisotopic (exact) mass is 417 g/mol. The summed E-state index contributed by atoms with van der Waals surface area (Å²) in [6.45, 7) is 4.09. The molecule has 0 spiro atoms. The Morgan fingerprint density at radius 3 is 2.34 bits per heavy atom. The van der Waals surface area contributed by atoms with Crippen molar-refractivity contribution >= 4 is 15.9 Å². The number of hydrogen-bond donors (Lipinski definition) is 1. The highest BCUT2D eigenvalue weighted by Crippen LogP contribution is 2.26. The number of amides is 1. The maximum atomic E-state index is 13.0. The molecule has 3 rings (SSSR count). The number of methoxy groups -OCH3 is 1. The SMILES string of the molecule is COc1ccc(S(=O)(=O)N2CCN(C)CC2)cc1C(=O)NC(C)c1ccccc1. The van der Waals surface area contributed by atoms with Gasteiger partial charge in [-0.3, -0.25) is 4.79 Å². The van der Waals surface area contributed by atoms with Gasteiger partial charge in [0.2, 0.25) is 10.0 Å². The Kier molecular flexibility index (Phi) is 6.56. The summed E-state index contributed by atoms with van der Waals surface area (Å²) in [4.78, 5) is 15.1. The van der Waals surface area contributed by atoms with Gasteiger partial charge in [-0.2, -0.15) is 4.31 Å². The fraction of sp³-hybridized carbons (Fsp3) is 0.381. The number of ether oxygens (including phenoxy) is 1. The topological polar surface area (TPSA) is 79.0 Å². The van der Waals surface area contributed by atoms with E-state index < -0.39 is 10.0 Å². The molecule has 0 bridgehead atoms. The molecule has 2 aromatic carbocycles. The van der Waals surface area contributed by atoms with Crippen LogP contribution < -0.4 is 10.1 Å².